The van der Waals surface area contributed by atoms with Crippen molar-refractivity contribution in [1.29, 1.82) is 0 Å². The summed E-state index contributed by atoms with van der Waals surface area (Å²) >= 11 is 0. The number of pyridine rings is 1. The van der Waals surface area contributed by atoms with Gasteiger partial charge in [-0.3, -0.25) is 0 Å². The van der Waals surface area contributed by atoms with Crippen LogP contribution in [0.15, 0.2) is 18.2 Å². The Kier molecular flexibility index (Phi) is 5.59. The minimum Gasteiger partial charge on any atom is -0.383 e. The molecule has 1 aromatic carbocycles. The number of benzene rings is 1. The van der Waals surface area contributed by atoms with E-state index in [1.807, 2.05) is 16.8 Å². The van der Waals surface area contributed by atoms with Crippen molar-refractivity contribution < 1.29 is 8.42 Å². The van der Waals surface area contributed by atoms with Gasteiger partial charge < -0.3 is 11.5 Å². The Bertz CT molecular complexity index is 1180. The monoisotopic (exact) mass is 430 g/mol. The second-order valence-corrected chi connectivity index (χ2v) is 10.3. The van der Waals surface area contributed by atoms with E-state index >= 15 is 0 Å². The molecule has 1 saturated heterocycles. The summed E-state index contributed by atoms with van der Waals surface area (Å²) in [5.41, 5.74) is 15.4. The normalized spacial score (nSPS) is 16.6. The number of piperidine rings is 1. The molecule has 1 fully saturated rings. The molecule has 3 aromatic rings. The van der Waals surface area contributed by atoms with Gasteiger partial charge in [-0.2, -0.15) is 5.10 Å². The molecule has 1 aliphatic rings. The number of nitrogen functional groups attached to an aromatic ring is 2. The van der Waals surface area contributed by atoms with Crippen LogP contribution in [0.2, 0.25) is 0 Å². The summed E-state index contributed by atoms with van der Waals surface area (Å²) in [5, 5.41) is 6.55. The van der Waals surface area contributed by atoms with Crippen LogP contribution in [-0.2, 0) is 23.0 Å². The molecule has 0 atom stereocenters. The zero-order chi connectivity index (χ0) is 21.5. The maximum atomic E-state index is 11.7. The van der Waals surface area contributed by atoms with Gasteiger partial charge in [-0.05, 0) is 49.7 Å². The predicted molar refractivity (Wildman–Crippen MR) is 122 cm³/mol. The Hall–Kier alpha value is -2.39. The average molecular weight is 431 g/mol. The summed E-state index contributed by atoms with van der Waals surface area (Å²) in [7, 11) is -3.09. The van der Waals surface area contributed by atoms with E-state index in [0.717, 1.165) is 54.9 Å². The summed E-state index contributed by atoms with van der Waals surface area (Å²) in [4.78, 5) is 4.58. The van der Waals surface area contributed by atoms with Crippen molar-refractivity contribution in [3.8, 4) is 0 Å². The number of aryl methyl sites for hydroxylation is 2. The number of hydrogen-bond acceptors (Lipinski definition) is 6. The highest BCUT2D eigenvalue weighted by Gasteiger charge is 2.25. The topological polar surface area (TPSA) is 120 Å². The van der Waals surface area contributed by atoms with Gasteiger partial charge in [0.1, 0.15) is 11.3 Å². The summed E-state index contributed by atoms with van der Waals surface area (Å²) in [6.45, 7) is 4.05. The third kappa shape index (κ3) is 3.83. The van der Waals surface area contributed by atoms with E-state index in [0.29, 0.717) is 36.2 Å². The Morgan fingerprint density at radius 1 is 1.17 bits per heavy atom. The minimum absolute atomic E-state index is 0.407. The number of nitrogens with zero attached hydrogens (tertiary/aromatic N) is 4. The number of sulfonamides is 1. The Morgan fingerprint density at radius 3 is 2.57 bits per heavy atom. The molecule has 0 unspecified atom stereocenters. The van der Waals surface area contributed by atoms with Gasteiger partial charge in [0.25, 0.3) is 0 Å². The Balaban J connectivity index is 1.63. The summed E-state index contributed by atoms with van der Waals surface area (Å²) in [6.07, 6.45) is 5.91. The Labute approximate surface area is 177 Å². The van der Waals surface area contributed by atoms with E-state index in [2.05, 4.69) is 23.1 Å². The molecule has 2 aromatic heterocycles. The van der Waals surface area contributed by atoms with Crippen molar-refractivity contribution in [2.75, 3.05) is 30.8 Å². The molecule has 4 N–H and O–H groups in total. The van der Waals surface area contributed by atoms with E-state index in [9.17, 15) is 8.42 Å². The van der Waals surface area contributed by atoms with Crippen molar-refractivity contribution in [3.05, 3.63) is 23.8 Å². The first kappa shape index (κ1) is 20.9. The molecule has 0 amide bonds. The second-order valence-electron chi connectivity index (χ2n) is 8.28. The first-order valence-corrected chi connectivity index (χ1v) is 12.4. The van der Waals surface area contributed by atoms with E-state index in [-0.39, 0.29) is 0 Å². The van der Waals surface area contributed by atoms with Crippen LogP contribution in [0, 0.1) is 5.92 Å². The van der Waals surface area contributed by atoms with Crippen LogP contribution in [0.4, 0.5) is 11.6 Å². The number of aromatic nitrogens is 3. The van der Waals surface area contributed by atoms with Crippen LogP contribution in [0.25, 0.3) is 21.8 Å². The predicted octanol–water partition coefficient (Wildman–Crippen LogP) is 2.76. The van der Waals surface area contributed by atoms with Crippen molar-refractivity contribution in [3.63, 3.8) is 0 Å². The largest absolute Gasteiger partial charge is 0.383 e. The molecule has 9 heteroatoms. The van der Waals surface area contributed by atoms with Gasteiger partial charge in [0.05, 0.1) is 17.2 Å². The molecule has 4 rings (SSSR count). The molecule has 0 bridgehead atoms. The highest BCUT2D eigenvalue weighted by molar-refractivity contribution is 7.88. The Morgan fingerprint density at radius 2 is 1.90 bits per heavy atom. The summed E-state index contributed by atoms with van der Waals surface area (Å²) in [6, 6.07) is 6.10. The molecular weight excluding hydrogens is 400 g/mol. The molecule has 0 saturated carbocycles. The van der Waals surface area contributed by atoms with Crippen molar-refractivity contribution in [1.82, 2.24) is 19.1 Å². The molecule has 0 radical (unpaired) electrons. The molecule has 1 aliphatic heterocycles. The number of fused-ring (bicyclic) bond motifs is 3. The van der Waals surface area contributed by atoms with Gasteiger partial charge in [0.15, 0.2) is 5.82 Å². The van der Waals surface area contributed by atoms with Crippen LogP contribution in [-0.4, -0.2) is 46.8 Å². The molecule has 30 heavy (non-hydrogen) atoms. The van der Waals surface area contributed by atoms with Gasteiger partial charge in [-0.25, -0.2) is 22.4 Å². The lowest BCUT2D eigenvalue weighted by molar-refractivity contribution is 0.265. The second kappa shape index (κ2) is 8.03. The average Bonchev–Trinajstić information content (AvgIpc) is 3.03. The first-order chi connectivity index (χ1) is 14.3. The molecule has 0 aliphatic carbocycles. The molecule has 162 valence electrons. The third-order valence-corrected chi connectivity index (χ3v) is 7.46. The summed E-state index contributed by atoms with van der Waals surface area (Å²) < 4.78 is 26.9. The fourth-order valence-corrected chi connectivity index (χ4v) is 5.41. The SMILES string of the molecule is CCCn1nc2c(N)nc3cccc(CCC4CCN(S(C)(=O)=O)CC4)c3c2c1N. The molecular formula is C21H30N6O2S. The third-order valence-electron chi connectivity index (χ3n) is 6.15. The van der Waals surface area contributed by atoms with E-state index in [1.54, 1.807) is 4.31 Å². The van der Waals surface area contributed by atoms with Crippen LogP contribution in [0.1, 0.15) is 38.2 Å². The standard InChI is InChI=1S/C21H30N6O2S/c1-3-11-27-21(23)18-17-15(5-4-6-16(17)24-20(22)19(18)25-27)8-7-14-9-12-26(13-10-14)30(2,28)29/h4-6,14H,3,7-13,23H2,1-2H3,(H2,22,24). The van der Waals surface area contributed by atoms with Crippen LogP contribution in [0.5, 0.6) is 0 Å². The highest BCUT2D eigenvalue weighted by Crippen LogP contribution is 2.35. The van der Waals surface area contributed by atoms with Gasteiger partial charge in [-0.1, -0.05) is 19.1 Å². The minimum atomic E-state index is -3.09. The van der Waals surface area contributed by atoms with Gasteiger partial charge >= 0.3 is 0 Å². The smallest absolute Gasteiger partial charge is 0.211 e. The number of anilines is 2. The lowest BCUT2D eigenvalue weighted by Gasteiger charge is -2.30. The van der Waals surface area contributed by atoms with Crippen LogP contribution >= 0.6 is 0 Å². The van der Waals surface area contributed by atoms with Crippen molar-refractivity contribution in [2.24, 2.45) is 5.92 Å². The maximum Gasteiger partial charge on any atom is 0.211 e. The van der Waals surface area contributed by atoms with Crippen LogP contribution < -0.4 is 11.5 Å². The summed E-state index contributed by atoms with van der Waals surface area (Å²) in [5.74, 6) is 1.56. The van der Waals surface area contributed by atoms with Crippen molar-refractivity contribution >= 4 is 43.5 Å². The molecule has 8 nitrogen and oxygen atoms in total. The zero-order valence-corrected chi connectivity index (χ0v) is 18.5. The van der Waals surface area contributed by atoms with Gasteiger partial charge in [0, 0.05) is 25.0 Å². The van der Waals surface area contributed by atoms with Crippen LogP contribution in [0.3, 0.4) is 0 Å². The van der Waals surface area contributed by atoms with Gasteiger partial charge in [0.2, 0.25) is 10.0 Å². The fourth-order valence-electron chi connectivity index (χ4n) is 4.53. The van der Waals surface area contributed by atoms with E-state index in [4.69, 9.17) is 11.5 Å². The fraction of sp³-hybridized carbons (Fsp3) is 0.524. The number of rotatable bonds is 6. The number of nitrogens with two attached hydrogens (primary N) is 2. The zero-order valence-electron chi connectivity index (χ0n) is 17.6. The van der Waals surface area contributed by atoms with Gasteiger partial charge in [-0.15, -0.1) is 0 Å². The van der Waals surface area contributed by atoms with E-state index in [1.165, 1.54) is 11.8 Å². The number of hydrogen-bond donors (Lipinski definition) is 2. The lowest BCUT2D eigenvalue weighted by atomic mass is 9.90. The lowest BCUT2D eigenvalue weighted by Crippen LogP contribution is -2.37. The maximum absolute atomic E-state index is 11.7. The van der Waals surface area contributed by atoms with E-state index < -0.39 is 10.0 Å². The molecule has 3 heterocycles. The molecule has 0 spiro atoms. The quantitative estimate of drug-likeness (QED) is 0.620. The first-order valence-electron chi connectivity index (χ1n) is 10.6. The van der Waals surface area contributed by atoms with Crippen molar-refractivity contribution in [2.45, 2.75) is 45.6 Å². The highest BCUT2D eigenvalue weighted by atomic mass is 32.2.